The molecular formula is C13H16N2O3S. The average molecular weight is 280 g/mol. The minimum Gasteiger partial charge on any atom is -0.463 e. The van der Waals surface area contributed by atoms with Crippen molar-refractivity contribution >= 4 is 17.2 Å². The quantitative estimate of drug-likeness (QED) is 0.898. The van der Waals surface area contributed by atoms with Crippen molar-refractivity contribution in [2.24, 2.45) is 0 Å². The number of hydrogen-bond donors (Lipinski definition) is 2. The summed E-state index contributed by atoms with van der Waals surface area (Å²) in [6, 6.07) is 3.48. The van der Waals surface area contributed by atoms with Crippen LogP contribution >= 0.6 is 11.3 Å². The van der Waals surface area contributed by atoms with Gasteiger partial charge in [-0.2, -0.15) is 0 Å². The zero-order valence-corrected chi connectivity index (χ0v) is 11.9. The summed E-state index contributed by atoms with van der Waals surface area (Å²) in [5.41, 5.74) is 1.08. The number of nitrogens with one attached hydrogen (secondary N) is 1. The van der Waals surface area contributed by atoms with E-state index in [0.717, 1.165) is 5.76 Å². The molecule has 6 heteroatoms. The van der Waals surface area contributed by atoms with Crippen LogP contribution in [-0.4, -0.2) is 22.5 Å². The minimum atomic E-state index is -1.23. The zero-order valence-electron chi connectivity index (χ0n) is 11.1. The number of aryl methyl sites for hydroxylation is 2. The molecule has 19 heavy (non-hydrogen) atoms. The number of amides is 1. The molecule has 5 nitrogen and oxygen atoms in total. The van der Waals surface area contributed by atoms with E-state index in [1.165, 1.54) is 11.3 Å². The first kappa shape index (κ1) is 13.8. The first-order valence-corrected chi connectivity index (χ1v) is 6.76. The number of nitrogens with zero attached hydrogens (tertiary/aromatic N) is 1. The fourth-order valence-corrected chi connectivity index (χ4v) is 2.38. The summed E-state index contributed by atoms with van der Waals surface area (Å²) in [4.78, 5) is 16.5. The van der Waals surface area contributed by atoms with Crippen LogP contribution in [0.4, 0.5) is 0 Å². The van der Waals surface area contributed by atoms with Crippen LogP contribution in [0.2, 0.25) is 0 Å². The fourth-order valence-electron chi connectivity index (χ4n) is 1.66. The van der Waals surface area contributed by atoms with Gasteiger partial charge >= 0.3 is 0 Å². The average Bonchev–Trinajstić information content (AvgIpc) is 2.95. The van der Waals surface area contributed by atoms with Gasteiger partial charge in [0.1, 0.15) is 22.0 Å². The van der Waals surface area contributed by atoms with E-state index in [1.54, 1.807) is 38.4 Å². The molecular weight excluding hydrogens is 264 g/mol. The normalized spacial score (nSPS) is 14.1. The minimum absolute atomic E-state index is 0.0795. The van der Waals surface area contributed by atoms with E-state index in [-0.39, 0.29) is 12.5 Å². The number of thiazole rings is 1. The van der Waals surface area contributed by atoms with Gasteiger partial charge in [0.25, 0.3) is 5.91 Å². The predicted molar refractivity (Wildman–Crippen MR) is 72.2 cm³/mol. The lowest BCUT2D eigenvalue weighted by atomic mass is 10.0. The lowest BCUT2D eigenvalue weighted by molar-refractivity contribution is 0.0324. The highest BCUT2D eigenvalue weighted by molar-refractivity contribution is 7.11. The molecule has 0 aliphatic rings. The molecule has 1 amide bonds. The summed E-state index contributed by atoms with van der Waals surface area (Å²) in [6.45, 7) is 5.26. The summed E-state index contributed by atoms with van der Waals surface area (Å²) in [5.74, 6) is 0.926. The van der Waals surface area contributed by atoms with E-state index in [4.69, 9.17) is 4.42 Å². The molecule has 0 saturated heterocycles. The van der Waals surface area contributed by atoms with Crippen molar-refractivity contribution < 1.29 is 14.3 Å². The van der Waals surface area contributed by atoms with Gasteiger partial charge in [-0.15, -0.1) is 11.3 Å². The van der Waals surface area contributed by atoms with Gasteiger partial charge in [0.2, 0.25) is 0 Å². The lowest BCUT2D eigenvalue weighted by Crippen LogP contribution is -2.38. The third-order valence-electron chi connectivity index (χ3n) is 2.82. The molecule has 0 fully saturated rings. The van der Waals surface area contributed by atoms with Crippen molar-refractivity contribution in [1.82, 2.24) is 10.3 Å². The molecule has 0 aliphatic heterocycles. The van der Waals surface area contributed by atoms with Gasteiger partial charge < -0.3 is 14.8 Å². The van der Waals surface area contributed by atoms with E-state index in [2.05, 4.69) is 10.3 Å². The van der Waals surface area contributed by atoms with Crippen molar-refractivity contribution in [2.75, 3.05) is 6.54 Å². The number of carbonyl (C=O) groups excluding carboxylic acids is 1. The van der Waals surface area contributed by atoms with Gasteiger partial charge in [-0.1, -0.05) is 0 Å². The van der Waals surface area contributed by atoms with Crippen LogP contribution < -0.4 is 5.32 Å². The third kappa shape index (κ3) is 3.02. The van der Waals surface area contributed by atoms with E-state index >= 15 is 0 Å². The van der Waals surface area contributed by atoms with Crippen LogP contribution in [-0.2, 0) is 5.60 Å². The van der Waals surface area contributed by atoms with Gasteiger partial charge in [0.15, 0.2) is 0 Å². The number of carbonyl (C=O) groups is 1. The summed E-state index contributed by atoms with van der Waals surface area (Å²) in [6.07, 6.45) is 0. The van der Waals surface area contributed by atoms with E-state index in [9.17, 15) is 9.90 Å². The second kappa shape index (κ2) is 5.14. The Bertz CT molecular complexity index is 586. The standard InChI is InChI=1S/C13H16N2O3S/c1-8-4-5-10(18-8)13(3,17)6-14-12(16)11-9(2)15-7-19-11/h4-5,7,17H,6H2,1-3H3,(H,14,16). The number of rotatable bonds is 4. The van der Waals surface area contributed by atoms with Gasteiger partial charge in [-0.25, -0.2) is 4.98 Å². The molecule has 0 spiro atoms. The molecule has 2 aromatic heterocycles. The van der Waals surface area contributed by atoms with Crippen LogP contribution in [0.3, 0.4) is 0 Å². The summed E-state index contributed by atoms with van der Waals surface area (Å²) >= 11 is 1.28. The van der Waals surface area contributed by atoms with Crippen molar-refractivity contribution in [2.45, 2.75) is 26.4 Å². The molecule has 0 aliphatic carbocycles. The Kier molecular flexibility index (Phi) is 3.73. The second-order valence-electron chi connectivity index (χ2n) is 4.63. The molecule has 2 N–H and O–H groups in total. The van der Waals surface area contributed by atoms with Crippen molar-refractivity contribution in [3.63, 3.8) is 0 Å². The maximum Gasteiger partial charge on any atom is 0.263 e. The molecule has 0 aromatic carbocycles. The third-order valence-corrected chi connectivity index (χ3v) is 3.74. The number of hydrogen-bond acceptors (Lipinski definition) is 5. The zero-order chi connectivity index (χ0) is 14.0. The Labute approximate surface area is 115 Å². The monoisotopic (exact) mass is 280 g/mol. The molecule has 102 valence electrons. The van der Waals surface area contributed by atoms with Crippen LogP contribution in [0, 0.1) is 13.8 Å². The summed E-state index contributed by atoms with van der Waals surface area (Å²) in [7, 11) is 0. The molecule has 2 rings (SSSR count). The van der Waals surface area contributed by atoms with Crippen LogP contribution in [0.5, 0.6) is 0 Å². The van der Waals surface area contributed by atoms with Crippen molar-refractivity contribution in [1.29, 1.82) is 0 Å². The largest absolute Gasteiger partial charge is 0.463 e. The highest BCUT2D eigenvalue weighted by Gasteiger charge is 2.28. The molecule has 0 bridgehead atoms. The predicted octanol–water partition coefficient (Wildman–Crippen LogP) is 1.99. The highest BCUT2D eigenvalue weighted by atomic mass is 32.1. The second-order valence-corrected chi connectivity index (χ2v) is 5.49. The molecule has 0 saturated carbocycles. The molecule has 0 radical (unpaired) electrons. The van der Waals surface area contributed by atoms with Gasteiger partial charge in [0, 0.05) is 0 Å². The number of aliphatic hydroxyl groups is 1. The SMILES string of the molecule is Cc1ccc(C(C)(O)CNC(=O)c2scnc2C)o1. The van der Waals surface area contributed by atoms with Gasteiger partial charge in [-0.3, -0.25) is 4.79 Å². The maximum absolute atomic E-state index is 11.9. The summed E-state index contributed by atoms with van der Waals surface area (Å²) in [5, 5.41) is 13.0. The Morgan fingerprint density at radius 1 is 1.53 bits per heavy atom. The smallest absolute Gasteiger partial charge is 0.263 e. The first-order chi connectivity index (χ1) is 8.90. The molecule has 1 atom stereocenters. The number of furan rings is 1. The van der Waals surface area contributed by atoms with Crippen LogP contribution in [0.15, 0.2) is 22.1 Å². The Morgan fingerprint density at radius 3 is 2.79 bits per heavy atom. The van der Waals surface area contributed by atoms with E-state index in [1.807, 2.05) is 0 Å². The Balaban J connectivity index is 2.02. The summed E-state index contributed by atoms with van der Waals surface area (Å²) < 4.78 is 5.38. The van der Waals surface area contributed by atoms with Crippen LogP contribution in [0.1, 0.15) is 33.8 Å². The topological polar surface area (TPSA) is 75.4 Å². The Morgan fingerprint density at radius 2 is 2.26 bits per heavy atom. The van der Waals surface area contributed by atoms with Gasteiger partial charge in [0.05, 0.1) is 17.7 Å². The van der Waals surface area contributed by atoms with Crippen molar-refractivity contribution in [3.05, 3.63) is 39.7 Å². The van der Waals surface area contributed by atoms with Crippen molar-refractivity contribution in [3.8, 4) is 0 Å². The maximum atomic E-state index is 11.9. The molecule has 2 heterocycles. The van der Waals surface area contributed by atoms with Crippen LogP contribution in [0.25, 0.3) is 0 Å². The molecule has 1 unspecified atom stereocenters. The van der Waals surface area contributed by atoms with Gasteiger partial charge in [-0.05, 0) is 32.9 Å². The lowest BCUT2D eigenvalue weighted by Gasteiger charge is -2.21. The van der Waals surface area contributed by atoms with E-state index < -0.39 is 5.60 Å². The first-order valence-electron chi connectivity index (χ1n) is 5.88. The highest BCUT2D eigenvalue weighted by Crippen LogP contribution is 2.22. The molecule has 2 aromatic rings. The van der Waals surface area contributed by atoms with E-state index in [0.29, 0.717) is 16.3 Å². The number of aromatic nitrogens is 1. The Hall–Kier alpha value is -1.66. The fraction of sp³-hybridized carbons (Fsp3) is 0.385.